The van der Waals surface area contributed by atoms with Gasteiger partial charge in [0.15, 0.2) is 0 Å². The number of ketones is 1. The first-order valence-corrected chi connectivity index (χ1v) is 4.45. The van der Waals surface area contributed by atoms with Crippen molar-refractivity contribution in [1.29, 1.82) is 0 Å². The number of Topliss-reactive ketones (excluding diaryl/α,β-unsaturated/α-hetero) is 1. The number of benzene rings is 1. The summed E-state index contributed by atoms with van der Waals surface area (Å²) in [5.74, 6) is -0.836. The number of nitrogens with zero attached hydrogens (tertiary/aromatic N) is 1. The van der Waals surface area contributed by atoms with Crippen molar-refractivity contribution >= 4 is 17.4 Å². The average molecular weight is 185 g/mol. The first-order chi connectivity index (χ1) is 6.79. The van der Waals surface area contributed by atoms with E-state index in [1.54, 1.807) is 12.3 Å². The van der Waals surface area contributed by atoms with E-state index in [2.05, 4.69) is 0 Å². The number of amides is 1. The lowest BCUT2D eigenvalue weighted by molar-refractivity contribution is -0.113. The number of hydrogen-bond donors (Lipinski definition) is 0. The fourth-order valence-electron chi connectivity index (χ4n) is 1.98. The van der Waals surface area contributed by atoms with E-state index in [0.29, 0.717) is 5.56 Å². The van der Waals surface area contributed by atoms with Crippen LogP contribution >= 0.6 is 0 Å². The van der Waals surface area contributed by atoms with Gasteiger partial charge in [0, 0.05) is 6.20 Å². The maximum absolute atomic E-state index is 11.5. The van der Waals surface area contributed by atoms with Gasteiger partial charge in [0.1, 0.15) is 0 Å². The largest absolute Gasteiger partial charge is 0.303 e. The lowest BCUT2D eigenvalue weighted by atomic mass is 10.0. The number of anilines is 1. The van der Waals surface area contributed by atoms with E-state index < -0.39 is 11.7 Å². The molecule has 14 heavy (non-hydrogen) atoms. The Morgan fingerprint density at radius 3 is 2.93 bits per heavy atom. The molecular formula is C11H7NO2. The number of carbonyl (C=O) groups excluding carboxylic acids is 2. The third kappa shape index (κ3) is 0.719. The molecular weight excluding hydrogens is 178 g/mol. The van der Waals surface area contributed by atoms with Crippen molar-refractivity contribution in [3.8, 4) is 0 Å². The summed E-state index contributed by atoms with van der Waals surface area (Å²) in [6.45, 7) is 0. The molecule has 3 rings (SSSR count). The number of para-hydroxylation sites is 1. The predicted octanol–water partition coefficient (Wildman–Crippen LogP) is 1.29. The van der Waals surface area contributed by atoms with Crippen LogP contribution < -0.4 is 4.90 Å². The second-order valence-electron chi connectivity index (χ2n) is 3.41. The van der Waals surface area contributed by atoms with Gasteiger partial charge in [-0.25, -0.2) is 0 Å². The summed E-state index contributed by atoms with van der Waals surface area (Å²) in [5, 5.41) is 0. The molecule has 2 aliphatic heterocycles. The van der Waals surface area contributed by atoms with Gasteiger partial charge in [-0.1, -0.05) is 18.2 Å². The van der Waals surface area contributed by atoms with E-state index in [4.69, 9.17) is 0 Å². The molecule has 1 aromatic rings. The molecule has 3 heteroatoms. The molecule has 2 aliphatic rings. The van der Waals surface area contributed by atoms with Crippen molar-refractivity contribution in [3.05, 3.63) is 41.6 Å². The normalized spacial score (nSPS) is 17.6. The first kappa shape index (κ1) is 7.50. The van der Waals surface area contributed by atoms with E-state index in [0.717, 1.165) is 17.7 Å². The van der Waals surface area contributed by atoms with E-state index in [1.807, 2.05) is 18.2 Å². The zero-order valence-corrected chi connectivity index (χ0v) is 7.36. The summed E-state index contributed by atoms with van der Waals surface area (Å²) in [6, 6.07) is 5.47. The molecule has 0 atom stereocenters. The van der Waals surface area contributed by atoms with Crippen LogP contribution in [0, 0.1) is 0 Å². The van der Waals surface area contributed by atoms with Crippen LogP contribution in [0.4, 0.5) is 5.69 Å². The van der Waals surface area contributed by atoms with Gasteiger partial charge in [0.25, 0.3) is 5.78 Å². The molecule has 0 N–H and O–H groups in total. The number of allylic oxidation sites excluding steroid dienone is 1. The highest BCUT2D eigenvalue weighted by Crippen LogP contribution is 2.35. The Kier molecular flexibility index (Phi) is 1.24. The minimum atomic E-state index is -0.441. The Labute approximate surface area is 80.6 Å². The Hall–Kier alpha value is -1.90. The van der Waals surface area contributed by atoms with Crippen molar-refractivity contribution in [2.45, 2.75) is 6.42 Å². The molecule has 0 bridgehead atoms. The van der Waals surface area contributed by atoms with Crippen LogP contribution in [0.5, 0.6) is 0 Å². The third-order valence-corrected chi connectivity index (χ3v) is 2.61. The molecule has 2 heterocycles. The second kappa shape index (κ2) is 2.32. The Morgan fingerprint density at radius 1 is 1.21 bits per heavy atom. The quantitative estimate of drug-likeness (QED) is 0.571. The molecule has 1 amide bonds. The van der Waals surface area contributed by atoms with Gasteiger partial charge in [0.2, 0.25) is 0 Å². The van der Waals surface area contributed by atoms with Gasteiger partial charge >= 0.3 is 5.91 Å². The van der Waals surface area contributed by atoms with Crippen LogP contribution in [0.1, 0.15) is 15.9 Å². The highest BCUT2D eigenvalue weighted by molar-refractivity contribution is 6.53. The van der Waals surface area contributed by atoms with Gasteiger partial charge in [-0.2, -0.15) is 0 Å². The van der Waals surface area contributed by atoms with Crippen molar-refractivity contribution < 1.29 is 9.59 Å². The van der Waals surface area contributed by atoms with E-state index in [-0.39, 0.29) is 0 Å². The van der Waals surface area contributed by atoms with Crippen molar-refractivity contribution in [2.75, 3.05) is 4.90 Å². The predicted molar refractivity (Wildman–Crippen MR) is 51.1 cm³/mol. The molecule has 0 radical (unpaired) electrons. The van der Waals surface area contributed by atoms with Gasteiger partial charge in [-0.05, 0) is 18.1 Å². The van der Waals surface area contributed by atoms with E-state index in [1.165, 1.54) is 4.90 Å². The lowest BCUT2D eigenvalue weighted by Crippen LogP contribution is -2.25. The molecule has 68 valence electrons. The molecule has 1 aromatic carbocycles. The van der Waals surface area contributed by atoms with Gasteiger partial charge < -0.3 is 0 Å². The average Bonchev–Trinajstić information content (AvgIpc) is 2.47. The molecule has 0 saturated carbocycles. The lowest BCUT2D eigenvalue weighted by Gasteiger charge is -2.18. The minimum absolute atomic E-state index is 0.395. The highest BCUT2D eigenvalue weighted by Gasteiger charge is 2.37. The molecule has 0 fully saturated rings. The van der Waals surface area contributed by atoms with Crippen LogP contribution in [-0.4, -0.2) is 11.7 Å². The van der Waals surface area contributed by atoms with E-state index in [9.17, 15) is 9.59 Å². The first-order valence-electron chi connectivity index (χ1n) is 4.45. The molecule has 0 spiro atoms. The molecule has 3 nitrogen and oxygen atoms in total. The van der Waals surface area contributed by atoms with Crippen LogP contribution in [0.3, 0.4) is 0 Å². The second-order valence-corrected chi connectivity index (χ2v) is 3.41. The summed E-state index contributed by atoms with van der Waals surface area (Å²) in [7, 11) is 0. The van der Waals surface area contributed by atoms with Crippen LogP contribution in [-0.2, 0) is 11.2 Å². The van der Waals surface area contributed by atoms with Crippen LogP contribution in [0.25, 0.3) is 0 Å². The zero-order chi connectivity index (χ0) is 9.71. The summed E-state index contributed by atoms with van der Waals surface area (Å²) in [4.78, 5) is 24.5. The van der Waals surface area contributed by atoms with Crippen molar-refractivity contribution in [1.82, 2.24) is 0 Å². The van der Waals surface area contributed by atoms with Crippen molar-refractivity contribution in [2.24, 2.45) is 0 Å². The number of carbonyl (C=O) groups is 2. The zero-order valence-electron chi connectivity index (χ0n) is 7.36. The van der Waals surface area contributed by atoms with Crippen molar-refractivity contribution in [3.63, 3.8) is 0 Å². The summed E-state index contributed by atoms with van der Waals surface area (Å²) >= 11 is 0. The van der Waals surface area contributed by atoms with Gasteiger partial charge in [-0.15, -0.1) is 0 Å². The Bertz CT molecular complexity index is 488. The molecule has 0 saturated heterocycles. The Balaban J connectivity index is 2.37. The monoisotopic (exact) mass is 185 g/mol. The van der Waals surface area contributed by atoms with E-state index >= 15 is 0 Å². The topological polar surface area (TPSA) is 37.4 Å². The maximum atomic E-state index is 11.5. The van der Waals surface area contributed by atoms with Crippen LogP contribution in [0.2, 0.25) is 0 Å². The number of hydrogen-bond acceptors (Lipinski definition) is 2. The maximum Gasteiger partial charge on any atom is 0.303 e. The molecule has 0 aliphatic carbocycles. The summed E-state index contributed by atoms with van der Waals surface area (Å²) < 4.78 is 0. The third-order valence-electron chi connectivity index (χ3n) is 2.61. The minimum Gasteiger partial charge on any atom is -0.283 e. The van der Waals surface area contributed by atoms with Crippen LogP contribution in [0.15, 0.2) is 30.5 Å². The smallest absolute Gasteiger partial charge is 0.283 e. The highest BCUT2D eigenvalue weighted by atomic mass is 16.2. The van der Waals surface area contributed by atoms with Gasteiger partial charge in [0.05, 0.1) is 11.3 Å². The summed E-state index contributed by atoms with van der Waals surface area (Å²) in [5.41, 5.74) is 2.37. The molecule has 0 aromatic heterocycles. The summed E-state index contributed by atoms with van der Waals surface area (Å²) in [6.07, 6.45) is 4.36. The fraction of sp³-hybridized carbons (Fsp3) is 0.0909. The Morgan fingerprint density at radius 2 is 2.07 bits per heavy atom. The van der Waals surface area contributed by atoms with Gasteiger partial charge in [-0.3, -0.25) is 14.5 Å². The number of rotatable bonds is 0. The standard InChI is InChI=1S/C11H7NO2/c13-10-8-5-1-3-7-4-2-6-12(9(7)8)11(10)14/h1-3,5-6H,4H2. The fourth-order valence-corrected chi connectivity index (χ4v) is 1.98. The SMILES string of the molecule is O=C1C(=O)N2C=CCc3cccc1c32. The molecule has 0 unspecified atom stereocenters.